The largest absolute Gasteiger partial charge is 0.272 e. The van der Waals surface area contributed by atoms with E-state index in [9.17, 15) is 13.2 Å². The van der Waals surface area contributed by atoms with Gasteiger partial charge in [-0.2, -0.15) is 4.31 Å². The normalized spacial score (nSPS) is 11.3. The number of hydrogen-bond acceptors (Lipinski definition) is 3. The van der Waals surface area contributed by atoms with Crippen LogP contribution in [0.5, 0.6) is 0 Å². The lowest BCUT2D eigenvalue weighted by atomic mass is 10.1. The van der Waals surface area contributed by atoms with Gasteiger partial charge in [-0.05, 0) is 68.7 Å². The van der Waals surface area contributed by atoms with E-state index >= 15 is 0 Å². The van der Waals surface area contributed by atoms with Crippen molar-refractivity contribution < 1.29 is 13.2 Å². The summed E-state index contributed by atoms with van der Waals surface area (Å²) in [5.74, 6) is -0.563. The third-order valence-electron chi connectivity index (χ3n) is 4.91. The first-order valence-corrected chi connectivity index (χ1v) is 10.5. The highest BCUT2D eigenvalue weighted by atomic mass is 32.2. The molecule has 0 saturated carbocycles. The number of carbonyl (C=O) groups is 1. The lowest BCUT2D eigenvalue weighted by Crippen LogP contribution is -2.38. The van der Waals surface area contributed by atoms with Crippen LogP contribution in [-0.4, -0.2) is 14.3 Å². The number of rotatable bonds is 4. The van der Waals surface area contributed by atoms with Crippen LogP contribution in [0.2, 0.25) is 0 Å². The van der Waals surface area contributed by atoms with Crippen molar-refractivity contribution in [2.24, 2.45) is 0 Å². The van der Waals surface area contributed by atoms with Crippen molar-refractivity contribution in [2.45, 2.75) is 32.6 Å². The number of sulfonamides is 1. The van der Waals surface area contributed by atoms with Crippen LogP contribution >= 0.6 is 0 Å². The third-order valence-corrected chi connectivity index (χ3v) is 6.63. The van der Waals surface area contributed by atoms with E-state index in [4.69, 9.17) is 0 Å². The number of carbonyl (C=O) groups excluding carboxylic acids is 1. The fraction of sp³-hybridized carbons (Fsp3) is 0.174. The Morgan fingerprint density at radius 2 is 1.36 bits per heavy atom. The van der Waals surface area contributed by atoms with E-state index in [1.54, 1.807) is 49.4 Å². The molecule has 28 heavy (non-hydrogen) atoms. The quantitative estimate of drug-likeness (QED) is 0.630. The van der Waals surface area contributed by atoms with Gasteiger partial charge in [-0.25, -0.2) is 8.42 Å². The molecule has 0 N–H and O–H groups in total. The van der Waals surface area contributed by atoms with Crippen LogP contribution in [-0.2, 0) is 10.0 Å². The van der Waals surface area contributed by atoms with Gasteiger partial charge in [-0.15, -0.1) is 0 Å². The Morgan fingerprint density at radius 1 is 0.750 bits per heavy atom. The summed E-state index contributed by atoms with van der Waals surface area (Å²) in [6.07, 6.45) is 0. The van der Waals surface area contributed by atoms with Crippen LogP contribution < -0.4 is 4.31 Å². The fourth-order valence-electron chi connectivity index (χ4n) is 3.04. The fourth-order valence-corrected chi connectivity index (χ4v) is 4.51. The third kappa shape index (κ3) is 3.58. The Morgan fingerprint density at radius 3 is 2.00 bits per heavy atom. The predicted octanol–water partition coefficient (Wildman–Crippen LogP) is 4.96. The van der Waals surface area contributed by atoms with E-state index in [2.05, 4.69) is 0 Å². The first-order valence-electron chi connectivity index (χ1n) is 9.01. The number of nitrogens with zero attached hydrogens (tertiary/aromatic N) is 1. The van der Waals surface area contributed by atoms with Gasteiger partial charge in [0.1, 0.15) is 0 Å². The second kappa shape index (κ2) is 7.60. The van der Waals surface area contributed by atoms with Crippen molar-refractivity contribution in [1.29, 1.82) is 0 Å². The predicted molar refractivity (Wildman–Crippen MR) is 112 cm³/mol. The maximum atomic E-state index is 13.5. The van der Waals surface area contributed by atoms with Gasteiger partial charge in [0, 0.05) is 5.56 Å². The van der Waals surface area contributed by atoms with Crippen LogP contribution in [0, 0.1) is 27.7 Å². The molecular formula is C23H23NO3S. The van der Waals surface area contributed by atoms with Gasteiger partial charge >= 0.3 is 0 Å². The molecule has 0 aliphatic carbocycles. The van der Waals surface area contributed by atoms with Gasteiger partial charge in [-0.1, -0.05) is 48.0 Å². The molecule has 0 unspecified atom stereocenters. The van der Waals surface area contributed by atoms with Gasteiger partial charge in [0.25, 0.3) is 15.9 Å². The number of hydrogen-bond donors (Lipinski definition) is 0. The van der Waals surface area contributed by atoms with Crippen LogP contribution in [0.15, 0.2) is 71.6 Å². The number of amides is 1. The maximum absolute atomic E-state index is 13.5. The Labute approximate surface area is 166 Å². The highest BCUT2D eigenvalue weighted by Crippen LogP contribution is 2.31. The number of aryl methyl sites for hydroxylation is 3. The average Bonchev–Trinajstić information content (AvgIpc) is 2.66. The molecule has 3 aromatic carbocycles. The molecule has 4 nitrogen and oxygen atoms in total. The number of anilines is 1. The molecule has 0 heterocycles. The SMILES string of the molecule is Cc1ccc(S(=O)(=O)N(C(=O)c2ccccc2C)c2cccc(C)c2C)cc1. The summed E-state index contributed by atoms with van der Waals surface area (Å²) in [6.45, 7) is 7.41. The van der Waals surface area contributed by atoms with Crippen LogP contribution in [0.3, 0.4) is 0 Å². The molecule has 0 bridgehead atoms. The summed E-state index contributed by atoms with van der Waals surface area (Å²) in [7, 11) is -4.09. The Balaban J connectivity index is 2.26. The van der Waals surface area contributed by atoms with E-state index in [1.807, 2.05) is 32.9 Å². The van der Waals surface area contributed by atoms with E-state index in [0.29, 0.717) is 11.3 Å². The van der Waals surface area contributed by atoms with Crippen molar-refractivity contribution in [2.75, 3.05) is 4.31 Å². The van der Waals surface area contributed by atoms with Crippen molar-refractivity contribution in [1.82, 2.24) is 0 Å². The van der Waals surface area contributed by atoms with E-state index in [-0.39, 0.29) is 4.90 Å². The zero-order chi connectivity index (χ0) is 20.5. The van der Waals surface area contributed by atoms with E-state index < -0.39 is 15.9 Å². The summed E-state index contributed by atoms with van der Waals surface area (Å²) in [4.78, 5) is 13.5. The molecular weight excluding hydrogens is 370 g/mol. The average molecular weight is 394 g/mol. The molecule has 3 rings (SSSR count). The standard InChI is InChI=1S/C23H23NO3S/c1-16-12-14-20(15-13-16)28(26,27)24(22-11-7-9-17(2)19(22)4)23(25)21-10-6-5-8-18(21)3/h5-15H,1-4H3. The summed E-state index contributed by atoms with van der Waals surface area (Å²) < 4.78 is 28.0. The Hall–Kier alpha value is -2.92. The molecule has 0 saturated heterocycles. The second-order valence-corrected chi connectivity index (χ2v) is 8.71. The maximum Gasteiger partial charge on any atom is 0.272 e. The molecule has 0 aliphatic heterocycles. The molecule has 1 amide bonds. The monoisotopic (exact) mass is 393 g/mol. The number of benzene rings is 3. The molecule has 0 aliphatic rings. The smallest absolute Gasteiger partial charge is 0.268 e. The molecule has 0 aromatic heterocycles. The van der Waals surface area contributed by atoms with Gasteiger partial charge in [0.15, 0.2) is 0 Å². The molecule has 0 fully saturated rings. The highest BCUT2D eigenvalue weighted by Gasteiger charge is 2.33. The lowest BCUT2D eigenvalue weighted by molar-refractivity contribution is 0.100. The first kappa shape index (κ1) is 19.8. The highest BCUT2D eigenvalue weighted by molar-refractivity contribution is 7.93. The zero-order valence-electron chi connectivity index (χ0n) is 16.4. The minimum atomic E-state index is -4.09. The molecule has 0 radical (unpaired) electrons. The molecule has 0 atom stereocenters. The van der Waals surface area contributed by atoms with Crippen LogP contribution in [0.1, 0.15) is 32.6 Å². The Bertz CT molecular complexity index is 1130. The minimum Gasteiger partial charge on any atom is -0.268 e. The summed E-state index contributed by atoms with van der Waals surface area (Å²) in [5.41, 5.74) is 4.07. The molecule has 3 aromatic rings. The van der Waals surface area contributed by atoms with E-state index in [1.165, 1.54) is 12.1 Å². The minimum absolute atomic E-state index is 0.0842. The van der Waals surface area contributed by atoms with Gasteiger partial charge in [0.05, 0.1) is 10.6 Å². The first-order chi connectivity index (χ1) is 13.2. The molecule has 0 spiro atoms. The van der Waals surface area contributed by atoms with Crippen molar-refractivity contribution in [3.8, 4) is 0 Å². The topological polar surface area (TPSA) is 54.5 Å². The van der Waals surface area contributed by atoms with Crippen LogP contribution in [0.25, 0.3) is 0 Å². The lowest BCUT2D eigenvalue weighted by Gasteiger charge is -2.25. The van der Waals surface area contributed by atoms with Crippen molar-refractivity contribution in [3.05, 3.63) is 94.5 Å². The summed E-state index contributed by atoms with van der Waals surface area (Å²) in [5, 5.41) is 0. The molecule has 5 heteroatoms. The van der Waals surface area contributed by atoms with Gasteiger partial charge < -0.3 is 0 Å². The van der Waals surface area contributed by atoms with Gasteiger partial charge in [0.2, 0.25) is 0 Å². The Kier molecular flexibility index (Phi) is 5.38. The van der Waals surface area contributed by atoms with Crippen molar-refractivity contribution >= 4 is 21.6 Å². The van der Waals surface area contributed by atoms with Crippen LogP contribution in [0.4, 0.5) is 5.69 Å². The van der Waals surface area contributed by atoms with Gasteiger partial charge in [-0.3, -0.25) is 4.79 Å². The van der Waals surface area contributed by atoms with E-state index in [0.717, 1.165) is 26.6 Å². The summed E-state index contributed by atoms with van der Waals surface area (Å²) >= 11 is 0. The second-order valence-electron chi connectivity index (χ2n) is 6.92. The zero-order valence-corrected chi connectivity index (χ0v) is 17.2. The molecule has 144 valence electrons. The van der Waals surface area contributed by atoms with Crippen molar-refractivity contribution in [3.63, 3.8) is 0 Å². The summed E-state index contributed by atoms with van der Waals surface area (Å²) in [6, 6.07) is 18.9.